The van der Waals surface area contributed by atoms with Gasteiger partial charge in [-0.1, -0.05) is 27.2 Å². The van der Waals surface area contributed by atoms with Crippen LogP contribution in [-0.2, 0) is 0 Å². The van der Waals surface area contributed by atoms with Crippen LogP contribution in [0, 0.1) is 5.92 Å². The van der Waals surface area contributed by atoms with Gasteiger partial charge in [0.2, 0.25) is 0 Å². The van der Waals surface area contributed by atoms with Gasteiger partial charge in [-0.3, -0.25) is 0 Å². The van der Waals surface area contributed by atoms with Crippen LogP contribution in [0.4, 0.5) is 5.69 Å². The molecule has 1 aliphatic rings. The minimum absolute atomic E-state index is 0.0892. The fraction of sp³-hybridized carbons (Fsp3) is 0.688. The number of carboxylic acid groups (broad SMARTS) is 1. The number of rotatable bonds is 5. The number of hydrogen-bond acceptors (Lipinski definition) is 4. The summed E-state index contributed by atoms with van der Waals surface area (Å²) in [6, 6.07) is 0.333. The molecular weight excluding hydrogens is 266 g/mol. The van der Waals surface area contributed by atoms with Gasteiger partial charge in [-0.2, -0.15) is 0 Å². The summed E-state index contributed by atoms with van der Waals surface area (Å²) in [5.74, 6) is 0.524. The Morgan fingerprint density at radius 1 is 1.38 bits per heavy atom. The van der Waals surface area contributed by atoms with E-state index in [-0.39, 0.29) is 11.6 Å². The van der Waals surface area contributed by atoms with Gasteiger partial charge in [0.25, 0.3) is 0 Å². The predicted octanol–water partition coefficient (Wildman–Crippen LogP) is 3.68. The molecule has 5 heteroatoms. The quantitative estimate of drug-likeness (QED) is 0.865. The lowest BCUT2D eigenvalue weighted by Crippen LogP contribution is -2.27. The highest BCUT2D eigenvalue weighted by Crippen LogP contribution is 2.29. The smallest absolute Gasteiger partial charge is 0.356 e. The van der Waals surface area contributed by atoms with Crippen LogP contribution in [0.1, 0.15) is 75.1 Å². The molecule has 0 spiro atoms. The van der Waals surface area contributed by atoms with Gasteiger partial charge < -0.3 is 10.4 Å². The molecule has 116 valence electrons. The summed E-state index contributed by atoms with van der Waals surface area (Å²) in [6.07, 6.45) is 7.45. The highest BCUT2D eigenvalue weighted by atomic mass is 16.4. The Morgan fingerprint density at radius 2 is 2.05 bits per heavy atom. The number of aromatic carboxylic acids is 1. The molecule has 2 rings (SSSR count). The summed E-state index contributed by atoms with van der Waals surface area (Å²) in [4.78, 5) is 19.9. The van der Waals surface area contributed by atoms with Crippen molar-refractivity contribution in [1.29, 1.82) is 0 Å². The summed E-state index contributed by atoms with van der Waals surface area (Å²) >= 11 is 0. The van der Waals surface area contributed by atoms with Gasteiger partial charge in [0.05, 0.1) is 11.9 Å². The van der Waals surface area contributed by atoms with E-state index in [1.54, 1.807) is 6.20 Å². The molecule has 0 saturated heterocycles. The third kappa shape index (κ3) is 3.93. The van der Waals surface area contributed by atoms with Crippen molar-refractivity contribution >= 4 is 11.7 Å². The van der Waals surface area contributed by atoms with E-state index in [4.69, 9.17) is 0 Å². The van der Waals surface area contributed by atoms with E-state index >= 15 is 0 Å². The van der Waals surface area contributed by atoms with Gasteiger partial charge >= 0.3 is 5.97 Å². The number of nitrogens with one attached hydrogen (secondary N) is 1. The molecule has 0 aromatic carbocycles. The molecule has 1 fully saturated rings. The molecule has 1 aliphatic carbocycles. The van der Waals surface area contributed by atoms with Crippen LogP contribution in [-0.4, -0.2) is 27.1 Å². The van der Waals surface area contributed by atoms with Crippen molar-refractivity contribution in [2.24, 2.45) is 5.92 Å². The molecule has 0 radical (unpaired) electrons. The van der Waals surface area contributed by atoms with Crippen molar-refractivity contribution in [2.45, 2.75) is 64.8 Å². The number of carboxylic acids is 1. The molecule has 0 atom stereocenters. The normalized spacial score (nSPS) is 22.3. The molecule has 1 saturated carbocycles. The first-order valence-electron chi connectivity index (χ1n) is 7.88. The Bertz CT molecular complexity index is 494. The summed E-state index contributed by atoms with van der Waals surface area (Å²) in [6.45, 7) is 6.15. The van der Waals surface area contributed by atoms with Gasteiger partial charge in [-0.25, -0.2) is 14.8 Å². The van der Waals surface area contributed by atoms with E-state index in [1.807, 2.05) is 13.8 Å². The zero-order chi connectivity index (χ0) is 15.4. The molecule has 21 heavy (non-hydrogen) atoms. The van der Waals surface area contributed by atoms with Crippen molar-refractivity contribution in [3.05, 3.63) is 17.7 Å². The van der Waals surface area contributed by atoms with Crippen molar-refractivity contribution in [1.82, 2.24) is 9.97 Å². The average Bonchev–Trinajstić information content (AvgIpc) is 2.48. The standard InChI is InChI=1S/C16H25N3O2/c1-4-11-5-7-12(8-6-11)18-13-9-17-15(10(2)3)19-14(13)16(20)21/h9-12,18H,4-8H2,1-3H3,(H,20,21). The first kappa shape index (κ1) is 15.7. The van der Waals surface area contributed by atoms with Crippen LogP contribution in [0.5, 0.6) is 0 Å². The lowest BCUT2D eigenvalue weighted by atomic mass is 9.84. The summed E-state index contributed by atoms with van der Waals surface area (Å²) in [5, 5.41) is 12.7. The van der Waals surface area contributed by atoms with E-state index in [0.717, 1.165) is 18.8 Å². The van der Waals surface area contributed by atoms with Gasteiger partial charge in [0.15, 0.2) is 5.69 Å². The Kier molecular flexibility index (Phi) is 5.15. The third-order valence-corrected chi connectivity index (χ3v) is 4.31. The molecule has 1 aromatic rings. The highest BCUT2D eigenvalue weighted by Gasteiger charge is 2.22. The summed E-state index contributed by atoms with van der Waals surface area (Å²) in [7, 11) is 0. The van der Waals surface area contributed by atoms with Crippen LogP contribution in [0.3, 0.4) is 0 Å². The zero-order valence-corrected chi connectivity index (χ0v) is 13.1. The Morgan fingerprint density at radius 3 is 2.57 bits per heavy atom. The van der Waals surface area contributed by atoms with Gasteiger partial charge in [-0.15, -0.1) is 0 Å². The number of anilines is 1. The number of carbonyl (C=O) groups is 1. The van der Waals surface area contributed by atoms with Crippen LogP contribution in [0.2, 0.25) is 0 Å². The van der Waals surface area contributed by atoms with E-state index in [1.165, 1.54) is 19.3 Å². The monoisotopic (exact) mass is 291 g/mol. The average molecular weight is 291 g/mol. The Labute approximate surface area is 126 Å². The van der Waals surface area contributed by atoms with Crippen molar-refractivity contribution in [3.8, 4) is 0 Å². The minimum atomic E-state index is -0.996. The predicted molar refractivity (Wildman–Crippen MR) is 82.7 cm³/mol. The lowest BCUT2D eigenvalue weighted by Gasteiger charge is -2.29. The van der Waals surface area contributed by atoms with Crippen molar-refractivity contribution in [3.63, 3.8) is 0 Å². The second-order valence-electron chi connectivity index (χ2n) is 6.22. The maximum Gasteiger partial charge on any atom is 0.356 e. The van der Waals surface area contributed by atoms with Gasteiger partial charge in [0.1, 0.15) is 5.82 Å². The molecule has 0 bridgehead atoms. The molecule has 5 nitrogen and oxygen atoms in total. The van der Waals surface area contributed by atoms with E-state index < -0.39 is 5.97 Å². The molecule has 0 amide bonds. The van der Waals surface area contributed by atoms with Gasteiger partial charge in [0, 0.05) is 12.0 Å². The minimum Gasteiger partial charge on any atom is -0.476 e. The molecule has 2 N–H and O–H groups in total. The maximum absolute atomic E-state index is 11.4. The fourth-order valence-corrected chi connectivity index (χ4v) is 2.88. The second kappa shape index (κ2) is 6.87. The fourth-order valence-electron chi connectivity index (χ4n) is 2.88. The summed E-state index contributed by atoms with van der Waals surface area (Å²) < 4.78 is 0. The molecule has 1 heterocycles. The van der Waals surface area contributed by atoms with E-state index in [0.29, 0.717) is 17.6 Å². The topological polar surface area (TPSA) is 75.1 Å². The van der Waals surface area contributed by atoms with Crippen molar-refractivity contribution < 1.29 is 9.90 Å². The largest absolute Gasteiger partial charge is 0.476 e. The first-order valence-corrected chi connectivity index (χ1v) is 7.88. The molecular formula is C16H25N3O2. The number of aromatic nitrogens is 2. The van der Waals surface area contributed by atoms with Crippen LogP contribution < -0.4 is 5.32 Å². The highest BCUT2D eigenvalue weighted by molar-refractivity contribution is 5.91. The van der Waals surface area contributed by atoms with Crippen molar-refractivity contribution in [2.75, 3.05) is 5.32 Å². The zero-order valence-electron chi connectivity index (χ0n) is 13.1. The lowest BCUT2D eigenvalue weighted by molar-refractivity contribution is 0.0691. The number of nitrogens with zero attached hydrogens (tertiary/aromatic N) is 2. The van der Waals surface area contributed by atoms with E-state index in [9.17, 15) is 9.90 Å². The Hall–Kier alpha value is -1.65. The maximum atomic E-state index is 11.4. The van der Waals surface area contributed by atoms with Crippen LogP contribution in [0.15, 0.2) is 6.20 Å². The molecule has 1 aromatic heterocycles. The van der Waals surface area contributed by atoms with Gasteiger partial charge in [-0.05, 0) is 31.6 Å². The molecule has 0 aliphatic heterocycles. The second-order valence-corrected chi connectivity index (χ2v) is 6.22. The van der Waals surface area contributed by atoms with Crippen LogP contribution in [0.25, 0.3) is 0 Å². The molecule has 0 unspecified atom stereocenters. The first-order chi connectivity index (χ1) is 10.0. The summed E-state index contributed by atoms with van der Waals surface area (Å²) in [5.41, 5.74) is 0.637. The third-order valence-electron chi connectivity index (χ3n) is 4.31. The van der Waals surface area contributed by atoms with E-state index in [2.05, 4.69) is 22.2 Å². The Balaban J connectivity index is 2.11. The van der Waals surface area contributed by atoms with Crippen LogP contribution >= 0.6 is 0 Å². The SMILES string of the molecule is CCC1CCC(Nc2cnc(C(C)C)nc2C(=O)O)CC1. The number of hydrogen-bond donors (Lipinski definition) is 2.